The van der Waals surface area contributed by atoms with Crippen LogP contribution in [0.1, 0.15) is 57.8 Å². The zero-order valence-corrected chi connectivity index (χ0v) is 15.8. The highest BCUT2D eigenvalue weighted by Gasteiger charge is 2.58. The molecule has 0 aromatic carbocycles. The first-order valence-corrected chi connectivity index (χ1v) is 10.7. The van der Waals surface area contributed by atoms with E-state index in [0.29, 0.717) is 18.1 Å². The van der Waals surface area contributed by atoms with Crippen molar-refractivity contribution in [2.45, 2.75) is 63.3 Å². The van der Waals surface area contributed by atoms with Gasteiger partial charge in [-0.1, -0.05) is 0 Å². The number of nitrogens with zero attached hydrogens (tertiary/aromatic N) is 2. The highest BCUT2D eigenvalue weighted by Crippen LogP contribution is 2.59. The Hall–Kier alpha value is -0.610. The summed E-state index contributed by atoms with van der Waals surface area (Å²) >= 11 is 0. The number of carbonyl (C=O) groups is 1. The number of carbonyl (C=O) groups excluding carboxylic acids is 1. The van der Waals surface area contributed by atoms with Crippen LogP contribution in [0.2, 0.25) is 0 Å². The second kappa shape index (κ2) is 5.95. The maximum absolute atomic E-state index is 13.3. The minimum Gasteiger partial charge on any atom is -0.383 e. The molecule has 4 heteroatoms. The zero-order valence-electron chi connectivity index (χ0n) is 15.8. The maximum Gasteiger partial charge on any atom is 0.230 e. The number of amides is 1. The monoisotopic (exact) mass is 346 g/mol. The van der Waals surface area contributed by atoms with Gasteiger partial charge in [-0.15, -0.1) is 0 Å². The lowest BCUT2D eigenvalue weighted by molar-refractivity contribution is -0.147. The van der Waals surface area contributed by atoms with Crippen molar-refractivity contribution in [3.63, 3.8) is 0 Å². The first-order chi connectivity index (χ1) is 12.1. The van der Waals surface area contributed by atoms with E-state index in [1.54, 1.807) is 7.11 Å². The molecule has 6 aliphatic rings. The van der Waals surface area contributed by atoms with Gasteiger partial charge < -0.3 is 9.64 Å². The predicted octanol–water partition coefficient (Wildman–Crippen LogP) is 2.92. The molecule has 140 valence electrons. The van der Waals surface area contributed by atoms with Crippen LogP contribution < -0.4 is 0 Å². The molecule has 1 unspecified atom stereocenters. The molecule has 2 heterocycles. The second-order valence-electron chi connectivity index (χ2n) is 9.98. The molecule has 0 radical (unpaired) electrons. The van der Waals surface area contributed by atoms with Crippen LogP contribution in [0.4, 0.5) is 0 Å². The normalized spacial score (nSPS) is 46.5. The average molecular weight is 347 g/mol. The smallest absolute Gasteiger partial charge is 0.230 e. The highest BCUT2D eigenvalue weighted by molar-refractivity contribution is 5.84. The van der Waals surface area contributed by atoms with Gasteiger partial charge in [0.1, 0.15) is 0 Å². The van der Waals surface area contributed by atoms with E-state index in [-0.39, 0.29) is 5.41 Å². The van der Waals surface area contributed by atoms with E-state index in [2.05, 4.69) is 9.80 Å². The molecule has 6 rings (SSSR count). The molecule has 4 saturated carbocycles. The van der Waals surface area contributed by atoms with Crippen molar-refractivity contribution in [2.24, 2.45) is 23.2 Å². The molecule has 4 nitrogen and oxygen atoms in total. The summed E-state index contributed by atoms with van der Waals surface area (Å²) in [6, 6.07) is 0. The van der Waals surface area contributed by atoms with Crippen molar-refractivity contribution >= 4 is 5.91 Å². The van der Waals surface area contributed by atoms with Gasteiger partial charge in [-0.05, 0) is 82.1 Å². The van der Waals surface area contributed by atoms with E-state index >= 15 is 0 Å². The van der Waals surface area contributed by atoms with Gasteiger partial charge in [-0.2, -0.15) is 0 Å². The zero-order chi connectivity index (χ0) is 17.1. The Morgan fingerprint density at radius 3 is 2.36 bits per heavy atom. The molecule has 4 bridgehead atoms. The molecule has 0 aromatic rings. The first-order valence-electron chi connectivity index (χ1n) is 10.7. The number of piperidine rings is 1. The Kier molecular flexibility index (Phi) is 3.94. The van der Waals surface area contributed by atoms with Crippen LogP contribution in [0, 0.1) is 23.2 Å². The summed E-state index contributed by atoms with van der Waals surface area (Å²) in [4.78, 5) is 18.2. The minimum absolute atomic E-state index is 0.0741. The number of likely N-dealkylation sites (tertiary alicyclic amines) is 2. The van der Waals surface area contributed by atoms with Gasteiger partial charge >= 0.3 is 0 Å². The first kappa shape index (κ1) is 16.6. The topological polar surface area (TPSA) is 32.8 Å². The largest absolute Gasteiger partial charge is 0.383 e. The Labute approximate surface area is 152 Å². The average Bonchev–Trinajstić information content (AvgIpc) is 3.01. The molecule has 1 amide bonds. The number of methoxy groups -OCH3 is 1. The summed E-state index contributed by atoms with van der Waals surface area (Å²) in [5.41, 5.74) is 0.392. The standard InChI is InChI=1S/C21H34N2O2/c1-25-8-7-22-5-2-3-20(19(22)24)4-6-23(15-20)21-12-16-9-17(13-21)11-18(10-16)14-21/h16-18H,2-15H2,1H3. The predicted molar refractivity (Wildman–Crippen MR) is 97.2 cm³/mol. The van der Waals surface area contributed by atoms with Crippen molar-refractivity contribution < 1.29 is 9.53 Å². The van der Waals surface area contributed by atoms with Crippen molar-refractivity contribution in [1.82, 2.24) is 9.80 Å². The van der Waals surface area contributed by atoms with Crippen LogP contribution >= 0.6 is 0 Å². The van der Waals surface area contributed by atoms with Crippen molar-refractivity contribution in [1.29, 1.82) is 0 Å². The van der Waals surface area contributed by atoms with Crippen LogP contribution in [0.5, 0.6) is 0 Å². The number of rotatable bonds is 4. The summed E-state index contributed by atoms with van der Waals surface area (Å²) in [5, 5.41) is 0. The van der Waals surface area contributed by atoms with Crippen LogP contribution in [0.3, 0.4) is 0 Å². The fourth-order valence-electron chi connectivity index (χ4n) is 7.68. The molecular weight excluding hydrogens is 312 g/mol. The van der Waals surface area contributed by atoms with Gasteiger partial charge in [-0.3, -0.25) is 9.69 Å². The quantitative estimate of drug-likeness (QED) is 0.785. The van der Waals surface area contributed by atoms with E-state index in [1.165, 1.54) is 44.9 Å². The van der Waals surface area contributed by atoms with E-state index < -0.39 is 0 Å². The number of ether oxygens (including phenoxy) is 1. The van der Waals surface area contributed by atoms with Gasteiger partial charge in [0, 0.05) is 32.3 Å². The molecule has 4 aliphatic carbocycles. The van der Waals surface area contributed by atoms with Crippen LogP contribution in [-0.2, 0) is 9.53 Å². The maximum atomic E-state index is 13.3. The van der Waals surface area contributed by atoms with Gasteiger partial charge in [0.05, 0.1) is 12.0 Å². The summed E-state index contributed by atoms with van der Waals surface area (Å²) in [7, 11) is 1.73. The molecule has 2 aliphatic heterocycles. The fraction of sp³-hybridized carbons (Fsp3) is 0.952. The van der Waals surface area contributed by atoms with E-state index in [9.17, 15) is 4.79 Å². The van der Waals surface area contributed by atoms with Crippen LogP contribution in [0.25, 0.3) is 0 Å². The molecule has 2 saturated heterocycles. The van der Waals surface area contributed by atoms with Gasteiger partial charge in [0.15, 0.2) is 0 Å². The molecule has 1 atom stereocenters. The summed E-state index contributed by atoms with van der Waals surface area (Å²) < 4.78 is 5.23. The third kappa shape index (κ3) is 2.58. The lowest BCUT2D eigenvalue weighted by atomic mass is 9.52. The molecule has 0 aromatic heterocycles. The number of hydrogen-bond acceptors (Lipinski definition) is 3. The lowest BCUT2D eigenvalue weighted by Gasteiger charge is -2.60. The van der Waals surface area contributed by atoms with Crippen molar-refractivity contribution in [3.8, 4) is 0 Å². The number of hydrogen-bond donors (Lipinski definition) is 0. The van der Waals surface area contributed by atoms with Gasteiger partial charge in [0.2, 0.25) is 5.91 Å². The van der Waals surface area contributed by atoms with Gasteiger partial charge in [-0.25, -0.2) is 0 Å². The summed E-state index contributed by atoms with van der Waals surface area (Å²) in [5.74, 6) is 3.40. The highest BCUT2D eigenvalue weighted by atomic mass is 16.5. The molecule has 1 spiro atoms. The SMILES string of the molecule is COCCN1CCCC2(CCN(C34CC5CC(CC(C5)C3)C4)C2)C1=O. The Balaban J connectivity index is 1.33. The second-order valence-corrected chi connectivity index (χ2v) is 9.98. The summed E-state index contributed by atoms with van der Waals surface area (Å²) in [6.07, 6.45) is 12.2. The molecule has 0 N–H and O–H groups in total. The third-order valence-corrected chi connectivity index (χ3v) is 8.42. The molecule has 6 fully saturated rings. The van der Waals surface area contributed by atoms with Crippen LogP contribution in [0.15, 0.2) is 0 Å². The van der Waals surface area contributed by atoms with Crippen molar-refractivity contribution in [2.75, 3.05) is 39.9 Å². The minimum atomic E-state index is -0.0741. The molecule has 25 heavy (non-hydrogen) atoms. The summed E-state index contributed by atoms with van der Waals surface area (Å²) in [6.45, 7) is 4.58. The fourth-order valence-corrected chi connectivity index (χ4v) is 7.68. The lowest BCUT2D eigenvalue weighted by Crippen LogP contribution is -2.60. The Morgan fingerprint density at radius 1 is 1.04 bits per heavy atom. The van der Waals surface area contributed by atoms with E-state index in [0.717, 1.165) is 56.8 Å². The van der Waals surface area contributed by atoms with Gasteiger partial charge in [0.25, 0.3) is 0 Å². The molecular formula is C21H34N2O2. The van der Waals surface area contributed by atoms with E-state index in [1.807, 2.05) is 0 Å². The van der Waals surface area contributed by atoms with Crippen LogP contribution in [-0.4, -0.2) is 61.1 Å². The third-order valence-electron chi connectivity index (χ3n) is 8.42. The Bertz CT molecular complexity index is 513. The Morgan fingerprint density at radius 2 is 1.72 bits per heavy atom. The van der Waals surface area contributed by atoms with E-state index in [4.69, 9.17) is 4.74 Å². The van der Waals surface area contributed by atoms with Crippen molar-refractivity contribution in [3.05, 3.63) is 0 Å².